The minimum atomic E-state index is 1.06. The highest BCUT2D eigenvalue weighted by atomic mass is 14.0. The van der Waals surface area contributed by atoms with E-state index < -0.39 is 0 Å². The summed E-state index contributed by atoms with van der Waals surface area (Å²) in [6.07, 6.45) is 12.0. The molecule has 0 saturated carbocycles. The van der Waals surface area contributed by atoms with Crippen molar-refractivity contribution in [2.75, 3.05) is 0 Å². The Labute approximate surface area is 70.3 Å². The van der Waals surface area contributed by atoms with Crippen LogP contribution in [0.15, 0.2) is 36.5 Å². The van der Waals surface area contributed by atoms with Crippen LogP contribution in [0.3, 0.4) is 0 Å². The Morgan fingerprint density at radius 2 is 2.27 bits per heavy atom. The van der Waals surface area contributed by atoms with Crippen molar-refractivity contribution in [3.63, 3.8) is 0 Å². The molecule has 0 spiro atoms. The van der Waals surface area contributed by atoms with Gasteiger partial charge in [0, 0.05) is 0 Å². The monoisotopic (exact) mass is 150 g/mol. The fraction of sp³-hybridized carbons (Fsp3) is 0.455. The molecular formula is C11H18. The second kappa shape index (κ2) is 7.33. The maximum atomic E-state index is 3.69. The van der Waals surface area contributed by atoms with Crippen LogP contribution >= 0.6 is 0 Å². The van der Waals surface area contributed by atoms with E-state index in [1.807, 2.05) is 19.9 Å². The molecule has 0 amide bonds. The molecular weight excluding hydrogens is 132 g/mol. The van der Waals surface area contributed by atoms with Gasteiger partial charge >= 0.3 is 0 Å². The Balaban J connectivity index is 0.000000461. The molecule has 0 N–H and O–H groups in total. The van der Waals surface area contributed by atoms with Gasteiger partial charge < -0.3 is 0 Å². The molecule has 0 unspecified atom stereocenters. The lowest BCUT2D eigenvalue weighted by Gasteiger charge is -2.04. The van der Waals surface area contributed by atoms with Crippen LogP contribution in [0.2, 0.25) is 0 Å². The first-order chi connectivity index (χ1) is 5.43. The lowest BCUT2D eigenvalue weighted by Crippen LogP contribution is -1.84. The van der Waals surface area contributed by atoms with Gasteiger partial charge in [-0.05, 0) is 19.3 Å². The molecule has 1 aliphatic rings. The summed E-state index contributed by atoms with van der Waals surface area (Å²) in [6.45, 7) is 7.69. The van der Waals surface area contributed by atoms with E-state index in [9.17, 15) is 0 Å². The molecule has 1 aliphatic carbocycles. The van der Waals surface area contributed by atoms with Crippen LogP contribution < -0.4 is 0 Å². The summed E-state index contributed by atoms with van der Waals surface area (Å²) in [5, 5.41) is 0. The lowest BCUT2D eigenvalue weighted by atomic mass is 10.0. The van der Waals surface area contributed by atoms with Gasteiger partial charge in [0.2, 0.25) is 0 Å². The predicted octanol–water partition coefficient (Wildman–Crippen LogP) is 3.87. The van der Waals surface area contributed by atoms with E-state index in [4.69, 9.17) is 0 Å². The van der Waals surface area contributed by atoms with Crippen LogP contribution in [0.5, 0.6) is 0 Å². The standard InChI is InChI=1S/C9H12.C2H6/c1-2-6-9-7-4-3-5-8-9;1-2/h2-4,7H,1,5-6,8H2;1-2H3. The predicted molar refractivity (Wildman–Crippen MR) is 52.6 cm³/mol. The zero-order chi connectivity index (χ0) is 8.53. The highest BCUT2D eigenvalue weighted by Gasteiger charge is 1.94. The quantitative estimate of drug-likeness (QED) is 0.524. The molecule has 0 heterocycles. The fourth-order valence-electron chi connectivity index (χ4n) is 1.01. The van der Waals surface area contributed by atoms with E-state index in [-0.39, 0.29) is 0 Å². The van der Waals surface area contributed by atoms with Crippen molar-refractivity contribution >= 4 is 0 Å². The van der Waals surface area contributed by atoms with Crippen molar-refractivity contribution < 1.29 is 0 Å². The Kier molecular flexibility index (Phi) is 6.81. The molecule has 0 aromatic carbocycles. The smallest absolute Gasteiger partial charge is 0.0138 e. The van der Waals surface area contributed by atoms with Gasteiger partial charge in [-0.1, -0.05) is 43.7 Å². The van der Waals surface area contributed by atoms with E-state index in [0.29, 0.717) is 0 Å². The molecule has 0 saturated heterocycles. The average molecular weight is 150 g/mol. The van der Waals surface area contributed by atoms with Gasteiger partial charge in [-0.2, -0.15) is 0 Å². The van der Waals surface area contributed by atoms with Gasteiger partial charge in [-0.25, -0.2) is 0 Å². The maximum Gasteiger partial charge on any atom is -0.0138 e. The SMILES string of the molecule is C=CCC1=CC=CCC1.CC. The van der Waals surface area contributed by atoms with Crippen molar-refractivity contribution in [2.45, 2.75) is 33.1 Å². The van der Waals surface area contributed by atoms with Crippen molar-refractivity contribution in [1.82, 2.24) is 0 Å². The normalized spacial score (nSPS) is 14.5. The molecule has 0 aliphatic heterocycles. The second-order valence-electron chi connectivity index (χ2n) is 2.28. The Morgan fingerprint density at radius 1 is 1.55 bits per heavy atom. The Hall–Kier alpha value is -0.780. The maximum absolute atomic E-state index is 3.69. The molecule has 11 heavy (non-hydrogen) atoms. The van der Waals surface area contributed by atoms with E-state index in [1.165, 1.54) is 18.4 Å². The van der Waals surface area contributed by atoms with Gasteiger partial charge in [0.05, 0.1) is 0 Å². The third-order valence-corrected chi connectivity index (χ3v) is 1.51. The molecule has 0 radical (unpaired) electrons. The van der Waals surface area contributed by atoms with E-state index >= 15 is 0 Å². The summed E-state index contributed by atoms with van der Waals surface area (Å²) >= 11 is 0. The largest absolute Gasteiger partial charge is 0.103 e. The zero-order valence-electron chi connectivity index (χ0n) is 7.64. The second-order valence-corrected chi connectivity index (χ2v) is 2.28. The first kappa shape index (κ1) is 10.2. The van der Waals surface area contributed by atoms with E-state index in [1.54, 1.807) is 0 Å². The molecule has 0 nitrogen and oxygen atoms in total. The summed E-state index contributed by atoms with van der Waals surface area (Å²) < 4.78 is 0. The van der Waals surface area contributed by atoms with Crippen molar-refractivity contribution in [2.24, 2.45) is 0 Å². The number of hydrogen-bond donors (Lipinski definition) is 0. The van der Waals surface area contributed by atoms with E-state index in [2.05, 4.69) is 24.8 Å². The fourth-order valence-corrected chi connectivity index (χ4v) is 1.01. The number of allylic oxidation sites excluding steroid dienone is 5. The molecule has 0 heteroatoms. The molecule has 1 rings (SSSR count). The van der Waals surface area contributed by atoms with Gasteiger partial charge in [0.25, 0.3) is 0 Å². The minimum absolute atomic E-state index is 1.06. The molecule has 0 aromatic heterocycles. The zero-order valence-corrected chi connectivity index (χ0v) is 7.64. The number of hydrogen-bond acceptors (Lipinski definition) is 0. The van der Waals surface area contributed by atoms with Gasteiger partial charge in [0.1, 0.15) is 0 Å². The Morgan fingerprint density at radius 3 is 2.73 bits per heavy atom. The van der Waals surface area contributed by atoms with Crippen molar-refractivity contribution in [1.29, 1.82) is 0 Å². The van der Waals surface area contributed by atoms with Crippen LogP contribution in [0.25, 0.3) is 0 Å². The molecule has 62 valence electrons. The first-order valence-electron chi connectivity index (χ1n) is 4.39. The minimum Gasteiger partial charge on any atom is -0.103 e. The van der Waals surface area contributed by atoms with Crippen LogP contribution in [0.1, 0.15) is 33.1 Å². The number of rotatable bonds is 2. The van der Waals surface area contributed by atoms with Crippen LogP contribution in [0, 0.1) is 0 Å². The average Bonchev–Trinajstić information content (AvgIpc) is 2.11. The Bertz CT molecular complexity index is 149. The first-order valence-corrected chi connectivity index (χ1v) is 4.39. The molecule has 0 atom stereocenters. The topological polar surface area (TPSA) is 0 Å². The van der Waals surface area contributed by atoms with Gasteiger partial charge in [0.15, 0.2) is 0 Å². The third-order valence-electron chi connectivity index (χ3n) is 1.51. The summed E-state index contributed by atoms with van der Waals surface area (Å²) in [6, 6.07) is 0. The van der Waals surface area contributed by atoms with Crippen LogP contribution in [-0.2, 0) is 0 Å². The molecule has 0 aromatic rings. The third kappa shape index (κ3) is 4.60. The van der Waals surface area contributed by atoms with Crippen LogP contribution in [-0.4, -0.2) is 0 Å². The summed E-state index contributed by atoms with van der Waals surface area (Å²) in [5.74, 6) is 0. The van der Waals surface area contributed by atoms with Crippen molar-refractivity contribution in [3.05, 3.63) is 36.5 Å². The highest BCUT2D eigenvalue weighted by Crippen LogP contribution is 2.14. The van der Waals surface area contributed by atoms with Gasteiger partial charge in [-0.15, -0.1) is 6.58 Å². The summed E-state index contributed by atoms with van der Waals surface area (Å²) in [7, 11) is 0. The highest BCUT2D eigenvalue weighted by molar-refractivity contribution is 5.19. The summed E-state index contributed by atoms with van der Waals surface area (Å²) in [4.78, 5) is 0. The van der Waals surface area contributed by atoms with Gasteiger partial charge in [-0.3, -0.25) is 0 Å². The summed E-state index contributed by atoms with van der Waals surface area (Å²) in [5.41, 5.74) is 1.51. The molecule has 0 fully saturated rings. The van der Waals surface area contributed by atoms with Crippen molar-refractivity contribution in [3.8, 4) is 0 Å². The molecule has 0 bridgehead atoms. The van der Waals surface area contributed by atoms with E-state index in [0.717, 1.165) is 6.42 Å². The lowest BCUT2D eigenvalue weighted by molar-refractivity contribution is 0.926. The van der Waals surface area contributed by atoms with Crippen LogP contribution in [0.4, 0.5) is 0 Å².